The van der Waals surface area contributed by atoms with Crippen molar-refractivity contribution in [1.29, 1.82) is 0 Å². The standard InChI is InChI=1S/C19H21N3O3/c1-15-3-2-4-16(13-15)14-20-9-11-21(12-10-20)19(23)17-5-7-18(8-6-17)22(24)25/h2-8,13H,9-12,14H2,1H3/p+1. The first-order chi connectivity index (χ1) is 12.0. The van der Waals surface area contributed by atoms with E-state index < -0.39 is 4.92 Å². The average molecular weight is 340 g/mol. The molecular weight excluding hydrogens is 318 g/mol. The molecule has 1 amide bonds. The maximum absolute atomic E-state index is 12.5. The van der Waals surface area contributed by atoms with Gasteiger partial charge in [0.05, 0.1) is 31.1 Å². The number of carbonyl (C=O) groups is 1. The predicted octanol–water partition coefficient (Wildman–Crippen LogP) is 1.44. The molecule has 2 aromatic rings. The third-order valence-electron chi connectivity index (χ3n) is 4.62. The second-order valence-corrected chi connectivity index (χ2v) is 6.51. The molecule has 1 fully saturated rings. The Labute approximate surface area is 146 Å². The summed E-state index contributed by atoms with van der Waals surface area (Å²) < 4.78 is 0. The number of hydrogen-bond acceptors (Lipinski definition) is 3. The van der Waals surface area contributed by atoms with Gasteiger partial charge in [-0.3, -0.25) is 14.9 Å². The van der Waals surface area contributed by atoms with Gasteiger partial charge in [-0.15, -0.1) is 0 Å². The van der Waals surface area contributed by atoms with E-state index in [0.29, 0.717) is 18.7 Å². The van der Waals surface area contributed by atoms with Crippen LogP contribution in [-0.2, 0) is 6.54 Å². The van der Waals surface area contributed by atoms with Crippen molar-refractivity contribution in [3.8, 4) is 0 Å². The SMILES string of the molecule is Cc1cccc(C[NH+]2CCN(C(=O)c3ccc([N+](=O)[O-])cc3)CC2)c1. The van der Waals surface area contributed by atoms with Gasteiger partial charge in [-0.2, -0.15) is 0 Å². The van der Waals surface area contributed by atoms with Crippen LogP contribution in [0.1, 0.15) is 21.5 Å². The van der Waals surface area contributed by atoms with Crippen LogP contribution in [0.15, 0.2) is 48.5 Å². The Morgan fingerprint density at radius 3 is 2.44 bits per heavy atom. The molecule has 0 aliphatic carbocycles. The van der Waals surface area contributed by atoms with E-state index in [1.165, 1.54) is 40.3 Å². The van der Waals surface area contributed by atoms with Crippen LogP contribution in [0.3, 0.4) is 0 Å². The lowest BCUT2D eigenvalue weighted by Crippen LogP contribution is -3.13. The number of nitrogens with zero attached hydrogens (tertiary/aromatic N) is 2. The van der Waals surface area contributed by atoms with E-state index in [9.17, 15) is 14.9 Å². The summed E-state index contributed by atoms with van der Waals surface area (Å²) >= 11 is 0. The van der Waals surface area contributed by atoms with Crippen molar-refractivity contribution in [2.75, 3.05) is 26.2 Å². The molecular formula is C19H22N3O3+. The lowest BCUT2D eigenvalue weighted by molar-refractivity contribution is -0.917. The summed E-state index contributed by atoms with van der Waals surface area (Å²) in [7, 11) is 0. The number of quaternary nitrogens is 1. The van der Waals surface area contributed by atoms with Gasteiger partial charge < -0.3 is 9.80 Å². The van der Waals surface area contributed by atoms with Crippen molar-refractivity contribution in [3.63, 3.8) is 0 Å². The van der Waals surface area contributed by atoms with E-state index in [0.717, 1.165) is 19.6 Å². The molecule has 0 bridgehead atoms. The summed E-state index contributed by atoms with van der Waals surface area (Å²) in [4.78, 5) is 26.1. The Morgan fingerprint density at radius 2 is 1.84 bits per heavy atom. The highest BCUT2D eigenvalue weighted by Crippen LogP contribution is 2.13. The molecule has 6 nitrogen and oxygen atoms in total. The summed E-state index contributed by atoms with van der Waals surface area (Å²) in [6.07, 6.45) is 0. The van der Waals surface area contributed by atoms with E-state index in [-0.39, 0.29) is 11.6 Å². The van der Waals surface area contributed by atoms with Crippen molar-refractivity contribution >= 4 is 11.6 Å². The fraction of sp³-hybridized carbons (Fsp3) is 0.316. The average Bonchev–Trinajstić information content (AvgIpc) is 2.62. The monoisotopic (exact) mass is 340 g/mol. The number of piperazine rings is 1. The van der Waals surface area contributed by atoms with Crippen LogP contribution in [0, 0.1) is 17.0 Å². The van der Waals surface area contributed by atoms with E-state index >= 15 is 0 Å². The minimum atomic E-state index is -0.457. The van der Waals surface area contributed by atoms with Crippen molar-refractivity contribution in [2.45, 2.75) is 13.5 Å². The first kappa shape index (κ1) is 17.1. The topological polar surface area (TPSA) is 67.9 Å². The second kappa shape index (κ2) is 7.44. The van der Waals surface area contributed by atoms with Gasteiger partial charge >= 0.3 is 0 Å². The smallest absolute Gasteiger partial charge is 0.269 e. The van der Waals surface area contributed by atoms with Gasteiger partial charge in [0.1, 0.15) is 6.54 Å². The normalized spacial score (nSPS) is 15.2. The summed E-state index contributed by atoms with van der Waals surface area (Å²) in [5.74, 6) is -0.0514. The number of nitro groups is 1. The summed E-state index contributed by atoms with van der Waals surface area (Å²) in [5.41, 5.74) is 3.10. The van der Waals surface area contributed by atoms with Gasteiger partial charge in [0.15, 0.2) is 0 Å². The van der Waals surface area contributed by atoms with Crippen LogP contribution < -0.4 is 4.90 Å². The minimum absolute atomic E-state index is 0.00367. The van der Waals surface area contributed by atoms with Crippen molar-refractivity contribution in [3.05, 3.63) is 75.3 Å². The number of hydrogen-bond donors (Lipinski definition) is 1. The molecule has 1 heterocycles. The second-order valence-electron chi connectivity index (χ2n) is 6.51. The van der Waals surface area contributed by atoms with E-state index in [1.54, 1.807) is 0 Å². The quantitative estimate of drug-likeness (QED) is 0.676. The van der Waals surface area contributed by atoms with E-state index in [1.807, 2.05) is 4.90 Å². The van der Waals surface area contributed by atoms with Crippen LogP contribution in [0.2, 0.25) is 0 Å². The number of carbonyl (C=O) groups excluding carboxylic acids is 1. The molecule has 0 spiro atoms. The van der Waals surface area contributed by atoms with Crippen LogP contribution in [0.25, 0.3) is 0 Å². The molecule has 1 N–H and O–H groups in total. The fourth-order valence-electron chi connectivity index (χ4n) is 3.22. The number of rotatable bonds is 4. The number of nitrogens with one attached hydrogen (secondary N) is 1. The number of nitro benzene ring substituents is 1. The minimum Gasteiger partial charge on any atom is -0.328 e. The van der Waals surface area contributed by atoms with Crippen LogP contribution in [-0.4, -0.2) is 41.9 Å². The molecule has 130 valence electrons. The van der Waals surface area contributed by atoms with Crippen LogP contribution in [0.5, 0.6) is 0 Å². The predicted molar refractivity (Wildman–Crippen MR) is 94.6 cm³/mol. The molecule has 2 aromatic carbocycles. The maximum Gasteiger partial charge on any atom is 0.269 e. The zero-order valence-corrected chi connectivity index (χ0v) is 14.3. The van der Waals surface area contributed by atoms with Crippen molar-refractivity contribution in [1.82, 2.24) is 4.90 Å². The molecule has 1 saturated heterocycles. The first-order valence-electron chi connectivity index (χ1n) is 8.46. The molecule has 25 heavy (non-hydrogen) atoms. The Balaban J connectivity index is 1.56. The van der Waals surface area contributed by atoms with E-state index in [4.69, 9.17) is 0 Å². The lowest BCUT2D eigenvalue weighted by Gasteiger charge is -2.32. The van der Waals surface area contributed by atoms with Gasteiger partial charge in [-0.05, 0) is 19.1 Å². The zero-order valence-electron chi connectivity index (χ0n) is 14.3. The van der Waals surface area contributed by atoms with Gasteiger partial charge in [0.25, 0.3) is 11.6 Å². The van der Waals surface area contributed by atoms with Gasteiger partial charge in [-0.1, -0.05) is 29.8 Å². The number of amides is 1. The van der Waals surface area contributed by atoms with Crippen LogP contribution >= 0.6 is 0 Å². The van der Waals surface area contributed by atoms with Crippen LogP contribution in [0.4, 0.5) is 5.69 Å². The summed E-state index contributed by atoms with van der Waals surface area (Å²) in [6.45, 7) is 6.30. The molecule has 3 rings (SSSR count). The Bertz CT molecular complexity index is 766. The van der Waals surface area contributed by atoms with Gasteiger partial charge in [-0.25, -0.2) is 0 Å². The number of non-ortho nitro benzene ring substituents is 1. The summed E-state index contributed by atoms with van der Waals surface area (Å²) in [6, 6.07) is 14.4. The molecule has 0 unspecified atom stereocenters. The van der Waals surface area contributed by atoms with Crippen molar-refractivity contribution in [2.24, 2.45) is 0 Å². The highest BCUT2D eigenvalue weighted by molar-refractivity contribution is 5.94. The molecule has 1 aliphatic heterocycles. The number of benzene rings is 2. The third kappa shape index (κ3) is 4.22. The fourth-order valence-corrected chi connectivity index (χ4v) is 3.22. The first-order valence-corrected chi connectivity index (χ1v) is 8.46. The highest BCUT2D eigenvalue weighted by atomic mass is 16.6. The third-order valence-corrected chi connectivity index (χ3v) is 4.62. The van der Waals surface area contributed by atoms with Gasteiger partial charge in [0, 0.05) is 23.3 Å². The lowest BCUT2D eigenvalue weighted by atomic mass is 10.1. The molecule has 0 aromatic heterocycles. The van der Waals surface area contributed by atoms with Crippen molar-refractivity contribution < 1.29 is 14.6 Å². The molecule has 0 saturated carbocycles. The Hall–Kier alpha value is -2.73. The zero-order chi connectivity index (χ0) is 17.8. The van der Waals surface area contributed by atoms with E-state index in [2.05, 4.69) is 31.2 Å². The largest absolute Gasteiger partial charge is 0.328 e. The molecule has 0 radical (unpaired) electrons. The molecule has 0 atom stereocenters. The Kier molecular flexibility index (Phi) is 5.09. The highest BCUT2D eigenvalue weighted by Gasteiger charge is 2.24. The maximum atomic E-state index is 12.5. The number of aryl methyl sites for hydroxylation is 1. The molecule has 1 aliphatic rings. The Morgan fingerprint density at radius 1 is 1.16 bits per heavy atom. The van der Waals surface area contributed by atoms with Gasteiger partial charge in [0.2, 0.25) is 0 Å². The molecule has 6 heteroatoms. The summed E-state index contributed by atoms with van der Waals surface area (Å²) in [5, 5.41) is 10.7.